The average Bonchev–Trinajstić information content (AvgIpc) is 2.99. The van der Waals surface area contributed by atoms with E-state index in [0.29, 0.717) is 31.1 Å². The van der Waals surface area contributed by atoms with Gasteiger partial charge in [0.25, 0.3) is 0 Å². The first-order valence-corrected chi connectivity index (χ1v) is 21.1. The molecule has 53 heavy (non-hydrogen) atoms. The molecule has 0 spiro atoms. The molecule has 0 aliphatic heterocycles. The summed E-state index contributed by atoms with van der Waals surface area (Å²) >= 11 is 0. The van der Waals surface area contributed by atoms with Crippen molar-refractivity contribution in [2.45, 2.75) is 217 Å². The summed E-state index contributed by atoms with van der Waals surface area (Å²) in [4.78, 5) is 51.8. The summed E-state index contributed by atoms with van der Waals surface area (Å²) < 4.78 is 17.6. The van der Waals surface area contributed by atoms with Gasteiger partial charge in [0.05, 0.1) is 13.2 Å². The van der Waals surface area contributed by atoms with Gasteiger partial charge >= 0.3 is 11.9 Å². The Balaban J connectivity index is 5.52. The number of unbranched alkanes of at least 4 members (excludes halogenated alkanes) is 7. The Hall–Kier alpha value is -1.96. The van der Waals surface area contributed by atoms with Crippen LogP contribution in [0, 0.1) is 21.7 Å². The first kappa shape index (κ1) is 51.0. The molecule has 0 fully saturated rings. The summed E-state index contributed by atoms with van der Waals surface area (Å²) in [5.41, 5.74) is -0.489. The van der Waals surface area contributed by atoms with Gasteiger partial charge in [-0.2, -0.15) is 0 Å². The van der Waals surface area contributed by atoms with Crippen molar-refractivity contribution in [3.05, 3.63) is 0 Å². The Labute approximate surface area is 326 Å². The van der Waals surface area contributed by atoms with Gasteiger partial charge in [-0.05, 0) is 73.0 Å². The molecule has 0 aliphatic carbocycles. The van der Waals surface area contributed by atoms with Gasteiger partial charge in [0, 0.05) is 32.1 Å². The number of nitrogens with one attached hydrogen (secondary N) is 1. The minimum absolute atomic E-state index is 0.0479. The van der Waals surface area contributed by atoms with Crippen molar-refractivity contribution >= 4 is 23.6 Å². The highest BCUT2D eigenvalue weighted by Gasteiger charge is 2.36. The predicted molar refractivity (Wildman–Crippen MR) is 219 cm³/mol. The largest absolute Gasteiger partial charge is 0.463 e. The van der Waals surface area contributed by atoms with Crippen LogP contribution in [0.15, 0.2) is 0 Å². The first-order valence-electron chi connectivity index (χ1n) is 21.1. The van der Waals surface area contributed by atoms with E-state index in [9.17, 15) is 19.2 Å². The molecule has 0 heterocycles. The maximum Gasteiger partial charge on any atom is 0.305 e. The molecule has 8 nitrogen and oxygen atoms in total. The van der Waals surface area contributed by atoms with Gasteiger partial charge in [-0.25, -0.2) is 0 Å². The molecule has 1 N–H and O–H groups in total. The lowest BCUT2D eigenvalue weighted by molar-refractivity contribution is -0.155. The number of rotatable bonds is 29. The van der Waals surface area contributed by atoms with Crippen LogP contribution in [0.1, 0.15) is 212 Å². The van der Waals surface area contributed by atoms with Crippen LogP contribution in [0.2, 0.25) is 0 Å². The molecule has 0 radical (unpaired) electrons. The summed E-state index contributed by atoms with van der Waals surface area (Å²) in [7, 11) is 0. The minimum Gasteiger partial charge on any atom is -0.463 e. The molecule has 0 rings (SSSR count). The van der Waals surface area contributed by atoms with Gasteiger partial charge in [0.2, 0.25) is 5.91 Å². The Morgan fingerprint density at radius 2 is 0.792 bits per heavy atom. The van der Waals surface area contributed by atoms with Crippen molar-refractivity contribution in [2.75, 3.05) is 26.4 Å². The van der Waals surface area contributed by atoms with E-state index in [1.54, 1.807) is 0 Å². The van der Waals surface area contributed by atoms with E-state index in [-0.39, 0.29) is 85.6 Å². The number of carbonyl (C=O) groups excluding carboxylic acids is 4. The summed E-state index contributed by atoms with van der Waals surface area (Å²) in [5.74, 6) is -0.792. The van der Waals surface area contributed by atoms with E-state index in [2.05, 4.69) is 88.4 Å². The molecule has 0 bridgehead atoms. The number of hydrogen-bond acceptors (Lipinski definition) is 7. The smallest absolute Gasteiger partial charge is 0.305 e. The first-order chi connectivity index (χ1) is 24.4. The number of hydrogen-bond donors (Lipinski definition) is 1. The quantitative estimate of drug-likeness (QED) is 0.0599. The second-order valence-corrected chi connectivity index (χ2v) is 20.6. The molecule has 0 aliphatic rings. The van der Waals surface area contributed by atoms with E-state index >= 15 is 0 Å². The van der Waals surface area contributed by atoms with Gasteiger partial charge in [-0.3, -0.25) is 19.2 Å². The van der Waals surface area contributed by atoms with Gasteiger partial charge in [0.1, 0.15) is 24.5 Å². The number of Topliss-reactive ketones (excluding diaryl/α,β-unsaturated/α-hetero) is 1. The van der Waals surface area contributed by atoms with Crippen LogP contribution in [-0.4, -0.2) is 55.6 Å². The van der Waals surface area contributed by atoms with Crippen molar-refractivity contribution in [2.24, 2.45) is 21.7 Å². The minimum atomic E-state index is -1.27. The summed E-state index contributed by atoms with van der Waals surface area (Å²) in [6.45, 7) is 25.9. The van der Waals surface area contributed by atoms with E-state index in [0.717, 1.165) is 44.9 Å². The zero-order chi connectivity index (χ0) is 40.6. The predicted octanol–water partition coefficient (Wildman–Crippen LogP) is 11.5. The van der Waals surface area contributed by atoms with Crippen molar-refractivity contribution in [1.82, 2.24) is 5.32 Å². The molecular formula is C45H85NO7. The molecule has 0 aromatic rings. The summed E-state index contributed by atoms with van der Waals surface area (Å²) in [6, 6.07) is 0. The van der Waals surface area contributed by atoms with Gasteiger partial charge in [0.15, 0.2) is 0 Å². The third-order valence-corrected chi connectivity index (χ3v) is 9.41. The monoisotopic (exact) mass is 752 g/mol. The second-order valence-electron chi connectivity index (χ2n) is 20.6. The zero-order valence-corrected chi connectivity index (χ0v) is 36.8. The van der Waals surface area contributed by atoms with Gasteiger partial charge in [-0.15, -0.1) is 0 Å². The van der Waals surface area contributed by atoms with Crippen LogP contribution in [0.25, 0.3) is 0 Å². The standard InChI is InChI=1S/C45H85NO7/c1-41(2,3)29-20-18-16-14-13-15-17-19-25-38(48)46-45(35-52-39(49)26-22-31-43(7,8)9,36-53-40(50)27-23-32-44(10,11)12)34-51-33-28-37(47)24-21-30-42(4,5)6/h13-36H2,1-12H3,(H,46,48). The van der Waals surface area contributed by atoms with E-state index in [1.807, 2.05) is 0 Å². The van der Waals surface area contributed by atoms with E-state index in [4.69, 9.17) is 14.2 Å². The fourth-order valence-electron chi connectivity index (χ4n) is 6.10. The van der Waals surface area contributed by atoms with Crippen molar-refractivity contribution in [3.8, 4) is 0 Å². The molecule has 0 aromatic carbocycles. The SMILES string of the molecule is CC(C)(C)CCCCCCCCCCC(=O)NC(COCCC(=O)CCCC(C)(C)C)(COC(=O)CCCC(C)(C)C)COC(=O)CCCC(C)(C)C. The van der Waals surface area contributed by atoms with Crippen LogP contribution in [0.4, 0.5) is 0 Å². The number of carbonyl (C=O) groups is 4. The van der Waals surface area contributed by atoms with Crippen LogP contribution < -0.4 is 5.32 Å². The van der Waals surface area contributed by atoms with Crippen LogP contribution in [-0.2, 0) is 33.4 Å². The number of ether oxygens (including phenoxy) is 3. The molecule has 0 unspecified atom stereocenters. The molecule has 8 heteroatoms. The Morgan fingerprint density at radius 1 is 0.415 bits per heavy atom. The normalized spacial score (nSPS) is 12.8. The lowest BCUT2D eigenvalue weighted by Crippen LogP contribution is -2.59. The number of amides is 1. The van der Waals surface area contributed by atoms with E-state index < -0.39 is 5.54 Å². The highest BCUT2D eigenvalue weighted by Crippen LogP contribution is 2.25. The molecular weight excluding hydrogens is 666 g/mol. The van der Waals surface area contributed by atoms with Crippen molar-refractivity contribution < 1.29 is 33.4 Å². The Morgan fingerprint density at radius 3 is 1.23 bits per heavy atom. The zero-order valence-electron chi connectivity index (χ0n) is 36.8. The molecule has 1 amide bonds. The third-order valence-electron chi connectivity index (χ3n) is 9.41. The lowest BCUT2D eigenvalue weighted by Gasteiger charge is -2.33. The van der Waals surface area contributed by atoms with Crippen LogP contribution in [0.3, 0.4) is 0 Å². The number of ketones is 1. The second kappa shape index (κ2) is 26.0. The Kier molecular flexibility index (Phi) is 25.0. The molecule has 0 atom stereocenters. The lowest BCUT2D eigenvalue weighted by atomic mass is 9.89. The van der Waals surface area contributed by atoms with Crippen molar-refractivity contribution in [3.63, 3.8) is 0 Å². The molecule has 0 saturated heterocycles. The average molecular weight is 752 g/mol. The summed E-state index contributed by atoms with van der Waals surface area (Å²) in [6.07, 6.45) is 16.8. The van der Waals surface area contributed by atoms with Crippen LogP contribution >= 0.6 is 0 Å². The fraction of sp³-hybridized carbons (Fsp3) is 0.911. The van der Waals surface area contributed by atoms with Gasteiger partial charge in [-0.1, -0.05) is 128 Å². The van der Waals surface area contributed by atoms with Crippen molar-refractivity contribution in [1.29, 1.82) is 0 Å². The molecule has 312 valence electrons. The third kappa shape index (κ3) is 34.3. The molecule has 0 aromatic heterocycles. The molecule has 0 saturated carbocycles. The summed E-state index contributed by atoms with van der Waals surface area (Å²) in [5, 5.41) is 3.08. The maximum atomic E-state index is 13.4. The van der Waals surface area contributed by atoms with E-state index in [1.165, 1.54) is 38.5 Å². The topological polar surface area (TPSA) is 108 Å². The number of esters is 2. The fourth-order valence-corrected chi connectivity index (χ4v) is 6.10. The van der Waals surface area contributed by atoms with Gasteiger partial charge < -0.3 is 19.5 Å². The Bertz CT molecular complexity index is 987. The highest BCUT2D eigenvalue weighted by molar-refractivity contribution is 5.78. The highest BCUT2D eigenvalue weighted by atomic mass is 16.6. The maximum absolute atomic E-state index is 13.4. The van der Waals surface area contributed by atoms with Crippen LogP contribution in [0.5, 0.6) is 0 Å².